The standard InChI is InChI=1S/C9H13N7/c1-5-2-6(8(10)12-3-5)7(15-11)9-13-4-14-16-9/h2-4,7,15H,11H2,1H3,(H2,10,12)(H,13,14,16). The Hall–Kier alpha value is -1.99. The molecule has 0 saturated carbocycles. The van der Waals surface area contributed by atoms with E-state index >= 15 is 0 Å². The molecule has 0 radical (unpaired) electrons. The van der Waals surface area contributed by atoms with E-state index in [0.717, 1.165) is 11.1 Å². The average molecular weight is 219 g/mol. The van der Waals surface area contributed by atoms with Crippen LogP contribution in [0.4, 0.5) is 5.82 Å². The summed E-state index contributed by atoms with van der Waals surface area (Å²) in [4.78, 5) is 8.12. The first-order valence-corrected chi connectivity index (χ1v) is 4.75. The molecule has 0 fully saturated rings. The van der Waals surface area contributed by atoms with E-state index in [1.54, 1.807) is 6.20 Å². The number of hydrazine groups is 1. The van der Waals surface area contributed by atoms with E-state index in [1.807, 2.05) is 13.0 Å². The van der Waals surface area contributed by atoms with Crippen molar-refractivity contribution in [3.8, 4) is 0 Å². The van der Waals surface area contributed by atoms with Crippen LogP contribution in [0.15, 0.2) is 18.6 Å². The minimum absolute atomic E-state index is 0.338. The summed E-state index contributed by atoms with van der Waals surface area (Å²) in [5, 5.41) is 6.52. The van der Waals surface area contributed by atoms with E-state index in [2.05, 4.69) is 25.6 Å². The van der Waals surface area contributed by atoms with Crippen LogP contribution in [0.1, 0.15) is 23.0 Å². The van der Waals surface area contributed by atoms with Gasteiger partial charge in [0.1, 0.15) is 24.0 Å². The van der Waals surface area contributed by atoms with Gasteiger partial charge in [-0.3, -0.25) is 10.9 Å². The number of nitrogen functional groups attached to an aromatic ring is 1. The molecule has 0 aliphatic heterocycles. The molecule has 2 aromatic rings. The summed E-state index contributed by atoms with van der Waals surface area (Å²) in [5.74, 6) is 6.51. The number of aromatic nitrogens is 4. The first-order chi connectivity index (χ1) is 7.72. The zero-order chi connectivity index (χ0) is 11.5. The highest BCUT2D eigenvalue weighted by Crippen LogP contribution is 2.22. The van der Waals surface area contributed by atoms with Crippen LogP contribution in [0.3, 0.4) is 0 Å². The number of nitrogens with zero attached hydrogens (tertiary/aromatic N) is 3. The van der Waals surface area contributed by atoms with Gasteiger partial charge in [0, 0.05) is 11.8 Å². The van der Waals surface area contributed by atoms with E-state index in [0.29, 0.717) is 11.6 Å². The molecular weight excluding hydrogens is 206 g/mol. The maximum absolute atomic E-state index is 5.80. The van der Waals surface area contributed by atoms with E-state index in [9.17, 15) is 0 Å². The lowest BCUT2D eigenvalue weighted by atomic mass is 10.1. The van der Waals surface area contributed by atoms with Gasteiger partial charge in [-0.15, -0.1) is 0 Å². The summed E-state index contributed by atoms with van der Waals surface area (Å²) >= 11 is 0. The lowest BCUT2D eigenvalue weighted by Gasteiger charge is -2.15. The average Bonchev–Trinajstić information content (AvgIpc) is 2.78. The molecular formula is C9H13N7. The van der Waals surface area contributed by atoms with Crippen molar-refractivity contribution in [2.75, 3.05) is 5.73 Å². The van der Waals surface area contributed by atoms with E-state index in [-0.39, 0.29) is 6.04 Å². The molecule has 2 rings (SSSR count). The van der Waals surface area contributed by atoms with Crippen LogP contribution in [-0.2, 0) is 0 Å². The van der Waals surface area contributed by atoms with Crippen molar-refractivity contribution in [2.45, 2.75) is 13.0 Å². The van der Waals surface area contributed by atoms with Gasteiger partial charge in [0.05, 0.1) is 0 Å². The maximum Gasteiger partial charge on any atom is 0.147 e. The Balaban J connectivity index is 2.44. The zero-order valence-corrected chi connectivity index (χ0v) is 8.81. The number of pyridine rings is 1. The molecule has 0 aliphatic carbocycles. The van der Waals surface area contributed by atoms with Crippen LogP contribution in [-0.4, -0.2) is 20.2 Å². The summed E-state index contributed by atoms with van der Waals surface area (Å²) in [6, 6.07) is 1.57. The van der Waals surface area contributed by atoms with Gasteiger partial charge >= 0.3 is 0 Å². The number of nitrogens with two attached hydrogens (primary N) is 2. The zero-order valence-electron chi connectivity index (χ0n) is 8.81. The summed E-state index contributed by atoms with van der Waals surface area (Å²) < 4.78 is 0. The molecule has 7 heteroatoms. The van der Waals surface area contributed by atoms with Crippen molar-refractivity contribution in [1.29, 1.82) is 0 Å². The quantitative estimate of drug-likeness (QED) is 0.413. The molecule has 84 valence electrons. The van der Waals surface area contributed by atoms with E-state index in [1.165, 1.54) is 6.33 Å². The maximum atomic E-state index is 5.80. The highest BCUT2D eigenvalue weighted by atomic mass is 15.3. The molecule has 1 unspecified atom stereocenters. The second-order valence-corrected chi connectivity index (χ2v) is 3.46. The fourth-order valence-electron chi connectivity index (χ4n) is 1.50. The molecule has 0 bridgehead atoms. The lowest BCUT2D eigenvalue weighted by Crippen LogP contribution is -2.30. The Labute approximate surface area is 92.3 Å². The highest BCUT2D eigenvalue weighted by Gasteiger charge is 2.18. The summed E-state index contributed by atoms with van der Waals surface area (Å²) in [6.07, 6.45) is 3.12. The number of hydrogen-bond acceptors (Lipinski definition) is 6. The SMILES string of the molecule is Cc1cnc(N)c(C(NN)c2ncn[nH]2)c1. The van der Waals surface area contributed by atoms with Crippen LogP contribution in [0.2, 0.25) is 0 Å². The number of rotatable bonds is 3. The predicted octanol–water partition coefficient (Wildman–Crippen LogP) is -0.357. The van der Waals surface area contributed by atoms with Gasteiger partial charge in [0.2, 0.25) is 0 Å². The Bertz CT molecular complexity index is 465. The first-order valence-electron chi connectivity index (χ1n) is 4.75. The molecule has 7 nitrogen and oxygen atoms in total. The number of anilines is 1. The van der Waals surface area contributed by atoms with Crippen molar-refractivity contribution in [2.24, 2.45) is 5.84 Å². The largest absolute Gasteiger partial charge is 0.383 e. The Morgan fingerprint density at radius 1 is 1.44 bits per heavy atom. The molecule has 0 aliphatic rings. The van der Waals surface area contributed by atoms with Crippen LogP contribution >= 0.6 is 0 Å². The first kappa shape index (κ1) is 10.5. The third-order valence-corrected chi connectivity index (χ3v) is 2.27. The Morgan fingerprint density at radius 3 is 2.88 bits per heavy atom. The van der Waals surface area contributed by atoms with Crippen molar-refractivity contribution < 1.29 is 0 Å². The summed E-state index contributed by atoms with van der Waals surface area (Å²) in [6.45, 7) is 1.93. The number of H-pyrrole nitrogens is 1. The topological polar surface area (TPSA) is 119 Å². The molecule has 6 N–H and O–H groups in total. The molecule has 2 heterocycles. The normalized spacial score (nSPS) is 12.6. The van der Waals surface area contributed by atoms with Crippen LogP contribution in [0, 0.1) is 6.92 Å². The number of nitrogens with one attached hydrogen (secondary N) is 2. The number of hydrogen-bond donors (Lipinski definition) is 4. The molecule has 2 aromatic heterocycles. The molecule has 0 amide bonds. The van der Waals surface area contributed by atoms with Gasteiger partial charge in [-0.05, 0) is 18.6 Å². The minimum Gasteiger partial charge on any atom is -0.383 e. The van der Waals surface area contributed by atoms with Gasteiger partial charge in [0.15, 0.2) is 0 Å². The third kappa shape index (κ3) is 1.86. The minimum atomic E-state index is -0.338. The van der Waals surface area contributed by atoms with Gasteiger partial charge in [0.25, 0.3) is 0 Å². The molecule has 16 heavy (non-hydrogen) atoms. The number of aromatic amines is 1. The van der Waals surface area contributed by atoms with Crippen LogP contribution < -0.4 is 17.0 Å². The highest BCUT2D eigenvalue weighted by molar-refractivity contribution is 5.45. The second kappa shape index (κ2) is 4.25. The number of aryl methyl sites for hydroxylation is 1. The summed E-state index contributed by atoms with van der Waals surface area (Å²) in [7, 11) is 0. The fourth-order valence-corrected chi connectivity index (χ4v) is 1.50. The summed E-state index contributed by atoms with van der Waals surface area (Å²) in [5.41, 5.74) is 10.2. The smallest absolute Gasteiger partial charge is 0.147 e. The Morgan fingerprint density at radius 2 is 2.25 bits per heavy atom. The van der Waals surface area contributed by atoms with Gasteiger partial charge < -0.3 is 5.73 Å². The monoisotopic (exact) mass is 219 g/mol. The van der Waals surface area contributed by atoms with E-state index in [4.69, 9.17) is 11.6 Å². The molecule has 1 atom stereocenters. The van der Waals surface area contributed by atoms with Crippen molar-refractivity contribution in [3.63, 3.8) is 0 Å². The molecule has 0 spiro atoms. The second-order valence-electron chi connectivity index (χ2n) is 3.46. The van der Waals surface area contributed by atoms with Crippen LogP contribution in [0.25, 0.3) is 0 Å². The third-order valence-electron chi connectivity index (χ3n) is 2.27. The van der Waals surface area contributed by atoms with Gasteiger partial charge in [-0.25, -0.2) is 15.4 Å². The fraction of sp³-hybridized carbons (Fsp3) is 0.222. The van der Waals surface area contributed by atoms with Gasteiger partial charge in [-0.1, -0.05) is 0 Å². The van der Waals surface area contributed by atoms with Crippen molar-refractivity contribution >= 4 is 5.82 Å². The van der Waals surface area contributed by atoms with Crippen molar-refractivity contribution in [1.82, 2.24) is 25.6 Å². The predicted molar refractivity (Wildman–Crippen MR) is 58.9 cm³/mol. The molecule has 0 saturated heterocycles. The van der Waals surface area contributed by atoms with Crippen molar-refractivity contribution in [3.05, 3.63) is 35.5 Å². The van der Waals surface area contributed by atoms with Gasteiger partial charge in [-0.2, -0.15) is 5.10 Å². The molecule has 0 aromatic carbocycles. The van der Waals surface area contributed by atoms with E-state index < -0.39 is 0 Å². The lowest BCUT2D eigenvalue weighted by molar-refractivity contribution is 0.603. The Kier molecular flexibility index (Phi) is 2.80. The van der Waals surface area contributed by atoms with Crippen LogP contribution in [0.5, 0.6) is 0 Å².